The summed E-state index contributed by atoms with van der Waals surface area (Å²) >= 11 is 0. The van der Waals surface area contributed by atoms with Gasteiger partial charge in [0.05, 0.1) is 0 Å². The van der Waals surface area contributed by atoms with Crippen LogP contribution in [-0.2, 0) is 13.6 Å². The molecule has 0 radical (unpaired) electrons. The van der Waals surface area contributed by atoms with Crippen molar-refractivity contribution >= 4 is 14.5 Å². The lowest BCUT2D eigenvalue weighted by Gasteiger charge is -2.25. The number of aliphatic carboxylic acids is 1. The van der Waals surface area contributed by atoms with E-state index < -0.39 is 14.5 Å². The van der Waals surface area contributed by atoms with Gasteiger partial charge in [-0.1, -0.05) is 6.92 Å². The van der Waals surface area contributed by atoms with E-state index in [1.54, 1.807) is 14.2 Å². The highest BCUT2D eigenvalue weighted by Gasteiger charge is 2.32. The smallest absolute Gasteiger partial charge is 0.337 e. The quantitative estimate of drug-likeness (QED) is 0.643. The highest BCUT2D eigenvalue weighted by Crippen LogP contribution is 2.19. The Bertz CT molecular complexity index is 148. The summed E-state index contributed by atoms with van der Waals surface area (Å²) < 4.78 is 10.7. The second-order valence-electron chi connectivity index (χ2n) is 2.92. The normalized spacial score (nSPS) is 11.6. The molecule has 0 aromatic rings. The molecule has 0 saturated heterocycles. The summed E-state index contributed by atoms with van der Waals surface area (Å²) in [4.78, 5) is 10.3. The Hall–Kier alpha value is -0.393. The maximum absolute atomic E-state index is 10.3. The molecule has 0 fully saturated rings. The largest absolute Gasteiger partial charge is 0.481 e. The first kappa shape index (κ1) is 12.6. The van der Waals surface area contributed by atoms with Crippen LogP contribution in [0.25, 0.3) is 0 Å². The van der Waals surface area contributed by atoms with E-state index in [-0.39, 0.29) is 6.42 Å². The number of hydrogen-bond acceptors (Lipinski definition) is 3. The predicted molar refractivity (Wildman–Crippen MR) is 51.9 cm³/mol. The third-order valence-electron chi connectivity index (χ3n) is 2.23. The van der Waals surface area contributed by atoms with E-state index >= 15 is 0 Å². The Labute approximate surface area is 80.1 Å². The van der Waals surface area contributed by atoms with Gasteiger partial charge < -0.3 is 14.0 Å². The van der Waals surface area contributed by atoms with Gasteiger partial charge in [-0.25, -0.2) is 0 Å². The molecule has 13 heavy (non-hydrogen) atoms. The lowest BCUT2D eigenvalue weighted by molar-refractivity contribution is -0.137. The zero-order valence-electron chi connectivity index (χ0n) is 8.50. The van der Waals surface area contributed by atoms with Gasteiger partial charge in [-0.3, -0.25) is 4.79 Å². The minimum Gasteiger partial charge on any atom is -0.481 e. The summed E-state index contributed by atoms with van der Waals surface area (Å²) in [6.45, 7) is 2.01. The van der Waals surface area contributed by atoms with Gasteiger partial charge in [0, 0.05) is 20.6 Å². The van der Waals surface area contributed by atoms with Gasteiger partial charge in [0.15, 0.2) is 0 Å². The van der Waals surface area contributed by atoms with E-state index in [4.69, 9.17) is 14.0 Å². The van der Waals surface area contributed by atoms with E-state index in [2.05, 4.69) is 0 Å². The van der Waals surface area contributed by atoms with Crippen LogP contribution in [0.5, 0.6) is 0 Å². The summed E-state index contributed by atoms with van der Waals surface area (Å²) in [5.41, 5.74) is 0. The van der Waals surface area contributed by atoms with Crippen molar-refractivity contribution in [3.8, 4) is 0 Å². The molecule has 0 unspecified atom stereocenters. The topological polar surface area (TPSA) is 55.8 Å². The van der Waals surface area contributed by atoms with Gasteiger partial charge in [-0.15, -0.1) is 0 Å². The summed E-state index contributed by atoms with van der Waals surface area (Å²) in [7, 11) is 1.23. The Morgan fingerprint density at radius 2 is 1.92 bits per heavy atom. The fourth-order valence-electron chi connectivity index (χ4n) is 1.26. The van der Waals surface area contributed by atoms with Crippen molar-refractivity contribution in [2.45, 2.75) is 31.9 Å². The maximum atomic E-state index is 10.3. The first-order chi connectivity index (χ1) is 6.10. The Kier molecular flexibility index (Phi) is 5.94. The van der Waals surface area contributed by atoms with Crippen molar-refractivity contribution in [1.29, 1.82) is 0 Å². The molecule has 0 atom stereocenters. The molecule has 0 aliphatic heterocycles. The number of carboxylic acids is 1. The number of rotatable bonds is 7. The Balaban J connectivity index is 3.88. The third kappa shape index (κ3) is 4.40. The molecule has 0 aromatic heterocycles. The first-order valence-electron chi connectivity index (χ1n) is 4.42. The van der Waals surface area contributed by atoms with Crippen molar-refractivity contribution in [3.63, 3.8) is 0 Å². The second-order valence-corrected chi connectivity index (χ2v) is 6.76. The molecule has 0 heterocycles. The summed E-state index contributed by atoms with van der Waals surface area (Å²) in [6, 6.07) is 1.61. The lowest BCUT2D eigenvalue weighted by Crippen LogP contribution is -2.39. The summed E-state index contributed by atoms with van der Waals surface area (Å²) in [5, 5.41) is 8.46. The van der Waals surface area contributed by atoms with E-state index in [1.165, 1.54) is 0 Å². The van der Waals surface area contributed by atoms with Gasteiger partial charge in [0.2, 0.25) is 0 Å². The zero-order valence-corrected chi connectivity index (χ0v) is 9.50. The molecule has 5 heteroatoms. The van der Waals surface area contributed by atoms with Crippen LogP contribution in [0.2, 0.25) is 12.1 Å². The fraction of sp³-hybridized carbons (Fsp3) is 0.875. The minimum atomic E-state index is -2.05. The molecular weight excluding hydrogens is 188 g/mol. The zero-order chi connectivity index (χ0) is 10.3. The molecule has 0 saturated carbocycles. The SMILES string of the molecule is CC[Si](CCCC(=O)O)(OC)OC. The van der Waals surface area contributed by atoms with Crippen LogP contribution in [0.1, 0.15) is 19.8 Å². The van der Waals surface area contributed by atoms with Crippen LogP contribution < -0.4 is 0 Å². The molecular formula is C8H18O4Si. The molecule has 0 aromatic carbocycles. The van der Waals surface area contributed by atoms with Crippen LogP contribution in [-0.4, -0.2) is 33.9 Å². The average Bonchev–Trinajstić information content (AvgIpc) is 2.13. The number of hydrogen-bond donors (Lipinski definition) is 1. The molecule has 78 valence electrons. The van der Waals surface area contributed by atoms with Crippen LogP contribution in [0, 0.1) is 0 Å². The van der Waals surface area contributed by atoms with Crippen LogP contribution in [0.3, 0.4) is 0 Å². The van der Waals surface area contributed by atoms with Crippen molar-refractivity contribution in [2.75, 3.05) is 14.2 Å². The molecule has 0 aliphatic rings. The molecule has 0 rings (SSSR count). The summed E-state index contributed by atoms with van der Waals surface area (Å²) in [6.07, 6.45) is 0.832. The standard InChI is InChI=1S/C8H18O4Si/c1-4-13(11-2,12-3)7-5-6-8(9)10/h4-7H2,1-3H3,(H,9,10). The number of carbonyl (C=O) groups is 1. The van der Waals surface area contributed by atoms with Gasteiger partial charge in [0.1, 0.15) is 0 Å². The van der Waals surface area contributed by atoms with E-state index in [0.29, 0.717) is 6.42 Å². The van der Waals surface area contributed by atoms with E-state index in [9.17, 15) is 4.79 Å². The first-order valence-corrected chi connectivity index (χ1v) is 6.65. The van der Waals surface area contributed by atoms with Crippen LogP contribution in [0.4, 0.5) is 0 Å². The third-order valence-corrected chi connectivity index (χ3v) is 5.91. The highest BCUT2D eigenvalue weighted by atomic mass is 28.4. The van der Waals surface area contributed by atoms with Crippen LogP contribution >= 0.6 is 0 Å². The van der Waals surface area contributed by atoms with Crippen molar-refractivity contribution < 1.29 is 18.8 Å². The highest BCUT2D eigenvalue weighted by molar-refractivity contribution is 6.67. The van der Waals surface area contributed by atoms with Crippen molar-refractivity contribution in [1.82, 2.24) is 0 Å². The van der Waals surface area contributed by atoms with Gasteiger partial charge in [0.25, 0.3) is 0 Å². The molecule has 0 spiro atoms. The fourth-order valence-corrected chi connectivity index (χ4v) is 3.48. The summed E-state index contributed by atoms with van der Waals surface area (Å²) in [5.74, 6) is -0.758. The molecule has 0 aliphatic carbocycles. The molecule has 0 bridgehead atoms. The Morgan fingerprint density at radius 1 is 1.38 bits per heavy atom. The second kappa shape index (κ2) is 6.12. The van der Waals surface area contributed by atoms with E-state index in [1.807, 2.05) is 6.92 Å². The minimum absolute atomic E-state index is 0.196. The average molecular weight is 206 g/mol. The van der Waals surface area contributed by atoms with Gasteiger partial charge in [-0.2, -0.15) is 0 Å². The lowest BCUT2D eigenvalue weighted by atomic mass is 10.3. The Morgan fingerprint density at radius 3 is 2.23 bits per heavy atom. The monoisotopic (exact) mass is 206 g/mol. The van der Waals surface area contributed by atoms with Crippen molar-refractivity contribution in [3.05, 3.63) is 0 Å². The van der Waals surface area contributed by atoms with Crippen LogP contribution in [0.15, 0.2) is 0 Å². The van der Waals surface area contributed by atoms with Gasteiger partial charge >= 0.3 is 14.5 Å². The molecule has 0 amide bonds. The maximum Gasteiger partial charge on any atom is 0.337 e. The molecule has 1 N–H and O–H groups in total. The molecule has 4 nitrogen and oxygen atoms in total. The van der Waals surface area contributed by atoms with Crippen molar-refractivity contribution in [2.24, 2.45) is 0 Å². The number of carboxylic acid groups (broad SMARTS) is 1. The van der Waals surface area contributed by atoms with E-state index in [0.717, 1.165) is 12.1 Å². The van der Waals surface area contributed by atoms with Gasteiger partial charge in [-0.05, 0) is 18.5 Å². The predicted octanol–water partition coefficient (Wildman–Crippen LogP) is 1.61.